The van der Waals surface area contributed by atoms with Gasteiger partial charge < -0.3 is 4.74 Å². The molecule has 2 heterocycles. The number of methoxy groups -OCH3 is 1. The lowest BCUT2D eigenvalue weighted by molar-refractivity contribution is 0.121. The predicted molar refractivity (Wildman–Crippen MR) is 90.5 cm³/mol. The summed E-state index contributed by atoms with van der Waals surface area (Å²) in [6.07, 6.45) is 3.55. The Balaban J connectivity index is 1.72. The molecule has 1 aliphatic rings. The number of nitrogens with zero attached hydrogens (tertiary/aromatic N) is 4. The third kappa shape index (κ3) is 3.75. The van der Waals surface area contributed by atoms with Crippen LogP contribution in [-0.2, 0) is 13.1 Å². The molecule has 0 N–H and O–H groups in total. The van der Waals surface area contributed by atoms with Crippen molar-refractivity contribution in [2.45, 2.75) is 52.2 Å². The van der Waals surface area contributed by atoms with Crippen LogP contribution in [0.4, 0.5) is 4.39 Å². The smallest absolute Gasteiger partial charge is 0.165 e. The van der Waals surface area contributed by atoms with Gasteiger partial charge >= 0.3 is 0 Å². The van der Waals surface area contributed by atoms with Gasteiger partial charge in [-0.05, 0) is 50.9 Å². The first-order chi connectivity index (χ1) is 11.6. The Kier molecular flexibility index (Phi) is 5.14. The Morgan fingerprint density at radius 3 is 2.79 bits per heavy atom. The van der Waals surface area contributed by atoms with Crippen molar-refractivity contribution in [1.82, 2.24) is 19.7 Å². The maximum Gasteiger partial charge on any atom is 0.165 e. The lowest BCUT2D eigenvalue weighted by Gasteiger charge is -2.35. The number of hydrogen-bond donors (Lipinski definition) is 0. The van der Waals surface area contributed by atoms with Crippen LogP contribution in [0.5, 0.6) is 5.75 Å². The standard InChI is InChI=1S/C18H25FN4O/c1-13-20-14(2)23(21-13)12-16-6-4-5-9-22(16)11-15-7-8-18(24-3)17(19)10-15/h7-8,10,16H,4-6,9,11-12H2,1-3H3/t16-/m1/s1. The lowest BCUT2D eigenvalue weighted by Crippen LogP contribution is -2.41. The molecular weight excluding hydrogens is 307 g/mol. The molecule has 1 aromatic heterocycles. The van der Waals surface area contributed by atoms with E-state index in [1.165, 1.54) is 20.0 Å². The third-order valence-corrected chi connectivity index (χ3v) is 4.70. The van der Waals surface area contributed by atoms with Gasteiger partial charge in [0.15, 0.2) is 11.6 Å². The van der Waals surface area contributed by atoms with Crippen LogP contribution in [-0.4, -0.2) is 39.4 Å². The van der Waals surface area contributed by atoms with Crippen LogP contribution in [0, 0.1) is 19.7 Å². The summed E-state index contributed by atoms with van der Waals surface area (Å²) in [5, 5.41) is 4.48. The molecule has 0 unspecified atom stereocenters. The topological polar surface area (TPSA) is 43.2 Å². The summed E-state index contributed by atoms with van der Waals surface area (Å²) >= 11 is 0. The summed E-state index contributed by atoms with van der Waals surface area (Å²) in [5.41, 5.74) is 0.978. The van der Waals surface area contributed by atoms with Crippen molar-refractivity contribution in [3.8, 4) is 5.75 Å². The van der Waals surface area contributed by atoms with Gasteiger partial charge in [0.1, 0.15) is 11.6 Å². The van der Waals surface area contributed by atoms with Gasteiger partial charge in [0.2, 0.25) is 0 Å². The highest BCUT2D eigenvalue weighted by atomic mass is 19.1. The van der Waals surface area contributed by atoms with Crippen LogP contribution >= 0.6 is 0 Å². The van der Waals surface area contributed by atoms with Gasteiger partial charge in [-0.25, -0.2) is 14.1 Å². The number of benzene rings is 1. The van der Waals surface area contributed by atoms with Crippen LogP contribution in [0.3, 0.4) is 0 Å². The Labute approximate surface area is 142 Å². The third-order valence-electron chi connectivity index (χ3n) is 4.70. The SMILES string of the molecule is COc1ccc(CN2CCCC[C@@H]2Cn2nc(C)nc2C)cc1F. The van der Waals surface area contributed by atoms with Gasteiger partial charge in [-0.15, -0.1) is 0 Å². The summed E-state index contributed by atoms with van der Waals surface area (Å²) in [4.78, 5) is 6.82. The summed E-state index contributed by atoms with van der Waals surface area (Å²) in [5.74, 6) is 1.76. The molecular formula is C18H25FN4O. The van der Waals surface area contributed by atoms with Crippen LogP contribution < -0.4 is 4.74 Å². The van der Waals surface area contributed by atoms with Crippen molar-refractivity contribution in [1.29, 1.82) is 0 Å². The number of rotatable bonds is 5. The fraction of sp³-hybridized carbons (Fsp3) is 0.556. The van der Waals surface area contributed by atoms with E-state index in [-0.39, 0.29) is 5.82 Å². The largest absolute Gasteiger partial charge is 0.494 e. The molecule has 130 valence electrons. The van der Waals surface area contributed by atoms with Crippen molar-refractivity contribution in [2.24, 2.45) is 0 Å². The van der Waals surface area contributed by atoms with Gasteiger partial charge in [-0.1, -0.05) is 12.5 Å². The van der Waals surface area contributed by atoms with Crippen molar-refractivity contribution in [3.05, 3.63) is 41.2 Å². The molecule has 0 radical (unpaired) electrons. The number of ether oxygens (including phenoxy) is 1. The molecule has 1 atom stereocenters. The molecule has 0 aliphatic carbocycles. The van der Waals surface area contributed by atoms with Gasteiger partial charge in [-0.2, -0.15) is 5.10 Å². The van der Waals surface area contributed by atoms with E-state index >= 15 is 0 Å². The molecule has 6 heteroatoms. The summed E-state index contributed by atoms with van der Waals surface area (Å²) in [6.45, 7) is 6.53. The van der Waals surface area contributed by atoms with Crippen molar-refractivity contribution in [2.75, 3.05) is 13.7 Å². The molecule has 3 rings (SSSR count). The Hall–Kier alpha value is -1.95. The minimum absolute atomic E-state index is 0.294. The van der Waals surface area contributed by atoms with E-state index in [9.17, 15) is 4.39 Å². The van der Waals surface area contributed by atoms with E-state index in [0.717, 1.165) is 43.3 Å². The quantitative estimate of drug-likeness (QED) is 0.844. The van der Waals surface area contributed by atoms with E-state index in [0.29, 0.717) is 11.8 Å². The van der Waals surface area contributed by atoms with E-state index in [1.807, 2.05) is 24.6 Å². The zero-order valence-electron chi connectivity index (χ0n) is 14.6. The molecule has 0 spiro atoms. The van der Waals surface area contributed by atoms with Crippen LogP contribution in [0.25, 0.3) is 0 Å². The molecule has 1 saturated heterocycles. The Bertz CT molecular complexity index is 700. The highest BCUT2D eigenvalue weighted by molar-refractivity contribution is 5.29. The van der Waals surface area contributed by atoms with Crippen LogP contribution in [0.2, 0.25) is 0 Å². The van der Waals surface area contributed by atoms with E-state index in [4.69, 9.17) is 4.74 Å². The molecule has 24 heavy (non-hydrogen) atoms. The summed E-state index contributed by atoms with van der Waals surface area (Å²) < 4.78 is 20.9. The average Bonchev–Trinajstić information content (AvgIpc) is 2.87. The monoisotopic (exact) mass is 332 g/mol. The van der Waals surface area contributed by atoms with Gasteiger partial charge in [0, 0.05) is 12.6 Å². The Morgan fingerprint density at radius 1 is 1.29 bits per heavy atom. The summed E-state index contributed by atoms with van der Waals surface area (Å²) in [7, 11) is 1.49. The first kappa shape index (κ1) is 16.9. The normalized spacial score (nSPS) is 18.8. The number of likely N-dealkylation sites (tertiary alicyclic amines) is 1. The van der Waals surface area contributed by atoms with Gasteiger partial charge in [0.05, 0.1) is 13.7 Å². The summed E-state index contributed by atoms with van der Waals surface area (Å²) in [6, 6.07) is 5.63. The molecule has 0 bridgehead atoms. The number of hydrogen-bond acceptors (Lipinski definition) is 4. The van der Waals surface area contributed by atoms with Crippen molar-refractivity contribution in [3.63, 3.8) is 0 Å². The van der Waals surface area contributed by atoms with Crippen molar-refractivity contribution < 1.29 is 9.13 Å². The fourth-order valence-corrected chi connectivity index (χ4v) is 3.45. The fourth-order valence-electron chi connectivity index (χ4n) is 3.45. The highest BCUT2D eigenvalue weighted by Crippen LogP contribution is 2.23. The van der Waals surface area contributed by atoms with E-state index < -0.39 is 0 Å². The van der Waals surface area contributed by atoms with Crippen molar-refractivity contribution >= 4 is 0 Å². The maximum absolute atomic E-state index is 13.9. The average molecular weight is 332 g/mol. The first-order valence-electron chi connectivity index (χ1n) is 8.51. The second kappa shape index (κ2) is 7.30. The minimum Gasteiger partial charge on any atom is -0.494 e. The lowest BCUT2D eigenvalue weighted by atomic mass is 10.0. The first-order valence-corrected chi connectivity index (χ1v) is 8.51. The molecule has 0 amide bonds. The maximum atomic E-state index is 13.9. The number of aromatic nitrogens is 3. The highest BCUT2D eigenvalue weighted by Gasteiger charge is 2.24. The number of halogens is 1. The Morgan fingerprint density at radius 2 is 2.12 bits per heavy atom. The van der Waals surface area contributed by atoms with E-state index in [2.05, 4.69) is 15.0 Å². The number of aryl methyl sites for hydroxylation is 2. The molecule has 1 aromatic carbocycles. The molecule has 5 nitrogen and oxygen atoms in total. The minimum atomic E-state index is -0.300. The van der Waals surface area contributed by atoms with E-state index in [1.54, 1.807) is 12.1 Å². The van der Waals surface area contributed by atoms with Crippen LogP contribution in [0.15, 0.2) is 18.2 Å². The molecule has 1 fully saturated rings. The number of piperidine rings is 1. The second-order valence-electron chi connectivity index (χ2n) is 6.48. The predicted octanol–water partition coefficient (Wildman–Crippen LogP) is 3.10. The zero-order valence-corrected chi connectivity index (χ0v) is 14.6. The molecule has 1 aliphatic heterocycles. The second-order valence-corrected chi connectivity index (χ2v) is 6.48. The molecule has 2 aromatic rings. The van der Waals surface area contributed by atoms with Gasteiger partial charge in [0.25, 0.3) is 0 Å². The van der Waals surface area contributed by atoms with Crippen LogP contribution in [0.1, 0.15) is 36.5 Å². The molecule has 0 saturated carbocycles. The zero-order chi connectivity index (χ0) is 17.1. The van der Waals surface area contributed by atoms with Gasteiger partial charge in [-0.3, -0.25) is 4.90 Å².